The summed E-state index contributed by atoms with van der Waals surface area (Å²) in [6.07, 6.45) is 0. The number of rotatable bonds is 10. The number of ether oxygens (including phenoxy) is 2. The zero-order valence-corrected chi connectivity index (χ0v) is 16.5. The highest BCUT2D eigenvalue weighted by Crippen LogP contribution is 2.28. The molecule has 0 heterocycles. The number of benzene rings is 1. The van der Waals surface area contributed by atoms with Crippen LogP contribution in [-0.4, -0.2) is 50.6 Å². The summed E-state index contributed by atoms with van der Waals surface area (Å²) in [5.41, 5.74) is 0.349. The fraction of sp³-hybridized carbons (Fsp3) is 0.526. The lowest BCUT2D eigenvalue weighted by Crippen LogP contribution is -2.51. The number of carbonyl (C=O) groups is 3. The summed E-state index contributed by atoms with van der Waals surface area (Å²) in [6.45, 7) is 8.03. The minimum absolute atomic E-state index is 0.0792. The van der Waals surface area contributed by atoms with Crippen LogP contribution in [0.25, 0.3) is 0 Å². The molecule has 1 aromatic rings. The zero-order chi connectivity index (χ0) is 20.4. The molecule has 0 saturated carbocycles. The highest BCUT2D eigenvalue weighted by atomic mass is 16.5. The molecule has 27 heavy (non-hydrogen) atoms. The molecule has 3 N–H and O–H groups in total. The molecule has 0 fully saturated rings. The normalized spacial score (nSPS) is 11.5. The van der Waals surface area contributed by atoms with E-state index in [0.717, 1.165) is 0 Å². The third kappa shape index (κ3) is 6.80. The van der Waals surface area contributed by atoms with Crippen LogP contribution in [0.2, 0.25) is 0 Å². The second-order valence-corrected chi connectivity index (χ2v) is 6.11. The molecule has 0 saturated heterocycles. The van der Waals surface area contributed by atoms with Crippen LogP contribution >= 0.6 is 0 Å². The van der Waals surface area contributed by atoms with Crippen LogP contribution in [-0.2, 0) is 9.59 Å². The van der Waals surface area contributed by atoms with Crippen LogP contribution in [0.15, 0.2) is 18.2 Å². The Morgan fingerprint density at radius 3 is 2.22 bits per heavy atom. The average Bonchev–Trinajstić information content (AvgIpc) is 2.65. The third-order valence-electron chi connectivity index (χ3n) is 3.73. The van der Waals surface area contributed by atoms with Gasteiger partial charge in [-0.05, 0) is 38.0 Å². The predicted octanol–water partition coefficient (Wildman–Crippen LogP) is 1.10. The van der Waals surface area contributed by atoms with Crippen molar-refractivity contribution in [3.05, 3.63) is 23.8 Å². The molecule has 150 valence electrons. The lowest BCUT2D eigenvalue weighted by atomic mass is 10.0. The summed E-state index contributed by atoms with van der Waals surface area (Å²) in [7, 11) is 1.51. The topological polar surface area (TPSA) is 106 Å². The molecule has 8 nitrogen and oxygen atoms in total. The summed E-state index contributed by atoms with van der Waals surface area (Å²) in [6, 6.07) is 4.17. The van der Waals surface area contributed by atoms with Crippen LogP contribution in [0, 0.1) is 5.92 Å². The van der Waals surface area contributed by atoms with Crippen molar-refractivity contribution in [3.8, 4) is 11.5 Å². The molecule has 0 unspecified atom stereocenters. The van der Waals surface area contributed by atoms with Gasteiger partial charge in [0.15, 0.2) is 11.5 Å². The Morgan fingerprint density at radius 2 is 1.67 bits per heavy atom. The van der Waals surface area contributed by atoms with E-state index in [2.05, 4.69) is 16.0 Å². The van der Waals surface area contributed by atoms with Crippen molar-refractivity contribution >= 4 is 17.7 Å². The van der Waals surface area contributed by atoms with E-state index in [9.17, 15) is 14.4 Å². The van der Waals surface area contributed by atoms with Crippen LogP contribution in [0.5, 0.6) is 11.5 Å². The average molecular weight is 379 g/mol. The maximum atomic E-state index is 12.3. The van der Waals surface area contributed by atoms with Crippen LogP contribution in [0.1, 0.15) is 38.1 Å². The molecule has 1 rings (SSSR count). The van der Waals surface area contributed by atoms with Gasteiger partial charge < -0.3 is 25.4 Å². The molecule has 0 radical (unpaired) electrons. The molecule has 0 spiro atoms. The smallest absolute Gasteiger partial charge is 0.251 e. The van der Waals surface area contributed by atoms with Gasteiger partial charge in [-0.2, -0.15) is 0 Å². The van der Waals surface area contributed by atoms with Crippen LogP contribution < -0.4 is 25.4 Å². The Balaban J connectivity index is 2.72. The Kier molecular flexibility index (Phi) is 9.12. The minimum atomic E-state index is -0.658. The van der Waals surface area contributed by atoms with Gasteiger partial charge in [-0.3, -0.25) is 14.4 Å². The SMILES string of the molecule is CCOc1ccc(C(=O)NCC(=O)N[C@H](C(=O)NC)C(C)C)cc1OCC. The Morgan fingerprint density at radius 1 is 1.04 bits per heavy atom. The minimum Gasteiger partial charge on any atom is -0.490 e. The molecule has 0 bridgehead atoms. The first-order valence-corrected chi connectivity index (χ1v) is 9.02. The zero-order valence-electron chi connectivity index (χ0n) is 16.5. The van der Waals surface area contributed by atoms with E-state index in [0.29, 0.717) is 30.3 Å². The highest BCUT2D eigenvalue weighted by molar-refractivity contribution is 5.97. The first-order chi connectivity index (χ1) is 12.8. The van der Waals surface area contributed by atoms with Gasteiger partial charge in [0.1, 0.15) is 6.04 Å². The Labute approximate surface area is 160 Å². The molecule has 0 aliphatic carbocycles. The molecule has 0 aliphatic rings. The molecular weight excluding hydrogens is 350 g/mol. The lowest BCUT2D eigenvalue weighted by Gasteiger charge is -2.20. The van der Waals surface area contributed by atoms with Crippen molar-refractivity contribution < 1.29 is 23.9 Å². The maximum absolute atomic E-state index is 12.3. The van der Waals surface area contributed by atoms with Crippen molar-refractivity contribution in [3.63, 3.8) is 0 Å². The predicted molar refractivity (Wildman–Crippen MR) is 102 cm³/mol. The first kappa shape index (κ1) is 22.3. The van der Waals surface area contributed by atoms with Crippen molar-refractivity contribution in [1.82, 2.24) is 16.0 Å². The van der Waals surface area contributed by atoms with Gasteiger partial charge >= 0.3 is 0 Å². The van der Waals surface area contributed by atoms with Crippen molar-refractivity contribution in [2.45, 2.75) is 33.7 Å². The number of nitrogens with one attached hydrogen (secondary N) is 3. The van der Waals surface area contributed by atoms with E-state index in [1.165, 1.54) is 7.05 Å². The van der Waals surface area contributed by atoms with Gasteiger partial charge in [0, 0.05) is 12.6 Å². The summed E-state index contributed by atoms with van der Waals surface area (Å²) in [5, 5.41) is 7.67. The summed E-state index contributed by atoms with van der Waals surface area (Å²) in [5.74, 6) is -0.200. The number of carbonyl (C=O) groups excluding carboxylic acids is 3. The van der Waals surface area contributed by atoms with Gasteiger partial charge in [0.25, 0.3) is 5.91 Å². The van der Waals surface area contributed by atoms with Gasteiger partial charge in [0.2, 0.25) is 11.8 Å². The summed E-state index contributed by atoms with van der Waals surface area (Å²) >= 11 is 0. The molecule has 1 aromatic carbocycles. The second kappa shape index (κ2) is 11.1. The van der Waals surface area contributed by atoms with E-state index >= 15 is 0 Å². The van der Waals surface area contributed by atoms with E-state index in [1.807, 2.05) is 27.7 Å². The summed E-state index contributed by atoms with van der Waals surface area (Å²) < 4.78 is 11.0. The van der Waals surface area contributed by atoms with Gasteiger partial charge in [-0.15, -0.1) is 0 Å². The van der Waals surface area contributed by atoms with Crippen LogP contribution in [0.3, 0.4) is 0 Å². The van der Waals surface area contributed by atoms with Crippen molar-refractivity contribution in [2.24, 2.45) is 5.92 Å². The number of likely N-dealkylation sites (N-methyl/N-ethyl adjacent to an activating group) is 1. The van der Waals surface area contributed by atoms with E-state index in [-0.39, 0.29) is 18.4 Å². The molecular formula is C19H29N3O5. The van der Waals surface area contributed by atoms with Gasteiger partial charge in [-0.1, -0.05) is 13.8 Å². The molecule has 1 atom stereocenters. The Bertz CT molecular complexity index is 661. The maximum Gasteiger partial charge on any atom is 0.251 e. The fourth-order valence-corrected chi connectivity index (χ4v) is 2.37. The standard InChI is InChI=1S/C19H29N3O5/c1-6-26-14-9-8-13(10-15(14)27-7-2)18(24)21-11-16(23)22-17(12(3)4)19(25)20-5/h8-10,12,17H,6-7,11H2,1-5H3,(H,20,25)(H,21,24)(H,22,23)/t17-/m0/s1. The molecule has 0 aromatic heterocycles. The third-order valence-corrected chi connectivity index (χ3v) is 3.73. The lowest BCUT2D eigenvalue weighted by molar-refractivity contribution is -0.129. The quantitative estimate of drug-likeness (QED) is 0.565. The van der Waals surface area contributed by atoms with E-state index in [4.69, 9.17) is 9.47 Å². The van der Waals surface area contributed by atoms with Gasteiger partial charge in [-0.25, -0.2) is 0 Å². The molecule has 8 heteroatoms. The van der Waals surface area contributed by atoms with Gasteiger partial charge in [0.05, 0.1) is 19.8 Å². The Hall–Kier alpha value is -2.77. The van der Waals surface area contributed by atoms with E-state index < -0.39 is 17.9 Å². The highest BCUT2D eigenvalue weighted by Gasteiger charge is 2.23. The first-order valence-electron chi connectivity index (χ1n) is 9.02. The number of amides is 3. The van der Waals surface area contributed by atoms with Crippen molar-refractivity contribution in [2.75, 3.05) is 26.8 Å². The van der Waals surface area contributed by atoms with Crippen molar-refractivity contribution in [1.29, 1.82) is 0 Å². The monoisotopic (exact) mass is 379 g/mol. The fourth-order valence-electron chi connectivity index (χ4n) is 2.37. The number of hydrogen-bond donors (Lipinski definition) is 3. The number of hydrogen-bond acceptors (Lipinski definition) is 5. The molecule has 3 amide bonds. The van der Waals surface area contributed by atoms with E-state index in [1.54, 1.807) is 18.2 Å². The largest absolute Gasteiger partial charge is 0.490 e. The summed E-state index contributed by atoms with van der Waals surface area (Å²) in [4.78, 5) is 36.2. The van der Waals surface area contributed by atoms with Crippen LogP contribution in [0.4, 0.5) is 0 Å². The second-order valence-electron chi connectivity index (χ2n) is 6.11. The molecule has 0 aliphatic heterocycles.